The summed E-state index contributed by atoms with van der Waals surface area (Å²) in [6.07, 6.45) is 6.49. The van der Waals surface area contributed by atoms with E-state index in [-0.39, 0.29) is 6.61 Å². The molecule has 1 aromatic rings. The zero-order chi connectivity index (χ0) is 8.39. The quantitative estimate of drug-likeness (QED) is 0.667. The van der Waals surface area contributed by atoms with Gasteiger partial charge in [0.05, 0.1) is 6.61 Å². The van der Waals surface area contributed by atoms with Crippen LogP contribution in [0.4, 0.5) is 0 Å². The zero-order valence-electron chi connectivity index (χ0n) is 6.96. The molecule has 0 fully saturated rings. The highest BCUT2D eigenvalue weighted by atomic mass is 16.3. The first-order valence-electron chi connectivity index (χ1n) is 4.30. The third-order valence-corrected chi connectivity index (χ3v) is 2.34. The first-order valence-corrected chi connectivity index (χ1v) is 4.30. The van der Waals surface area contributed by atoms with Crippen LogP contribution in [0.2, 0.25) is 0 Å². The molecule has 1 aromatic carbocycles. The molecule has 1 aliphatic rings. The fourth-order valence-corrected chi connectivity index (χ4v) is 1.70. The third kappa shape index (κ3) is 1.16. The summed E-state index contributed by atoms with van der Waals surface area (Å²) in [6.45, 7) is 0.164. The van der Waals surface area contributed by atoms with Gasteiger partial charge in [-0.25, -0.2) is 0 Å². The molecule has 0 saturated heterocycles. The van der Waals surface area contributed by atoms with Crippen LogP contribution >= 0.6 is 0 Å². The van der Waals surface area contributed by atoms with Crippen molar-refractivity contribution in [3.8, 4) is 0 Å². The molecule has 0 bridgehead atoms. The molecule has 2 rings (SSSR count). The Morgan fingerprint density at radius 1 is 1.33 bits per heavy atom. The van der Waals surface area contributed by atoms with E-state index >= 15 is 0 Å². The van der Waals surface area contributed by atoms with Gasteiger partial charge in [0.2, 0.25) is 0 Å². The second kappa shape index (κ2) is 3.11. The highest BCUT2D eigenvalue weighted by Crippen LogP contribution is 2.22. The Kier molecular flexibility index (Phi) is 1.96. The van der Waals surface area contributed by atoms with Gasteiger partial charge in [0.1, 0.15) is 0 Å². The van der Waals surface area contributed by atoms with Gasteiger partial charge in [-0.2, -0.15) is 0 Å². The molecule has 0 heterocycles. The second-order valence-corrected chi connectivity index (χ2v) is 3.08. The molecule has 0 spiro atoms. The van der Waals surface area contributed by atoms with Crippen LogP contribution in [0.5, 0.6) is 0 Å². The van der Waals surface area contributed by atoms with E-state index in [4.69, 9.17) is 5.11 Å². The zero-order valence-corrected chi connectivity index (χ0v) is 6.96. The summed E-state index contributed by atoms with van der Waals surface area (Å²) in [4.78, 5) is 0. The lowest BCUT2D eigenvalue weighted by atomic mass is 9.93. The Bertz CT molecular complexity index is 313. The van der Waals surface area contributed by atoms with Gasteiger partial charge in [0.15, 0.2) is 0 Å². The Hall–Kier alpha value is -1.08. The molecule has 0 aromatic heterocycles. The molecule has 0 aliphatic heterocycles. The number of allylic oxidation sites excluding steroid dienone is 1. The van der Waals surface area contributed by atoms with Gasteiger partial charge in [-0.3, -0.25) is 0 Å². The number of hydrogen-bond donors (Lipinski definition) is 1. The summed E-state index contributed by atoms with van der Waals surface area (Å²) in [5.74, 6) is 0. The second-order valence-electron chi connectivity index (χ2n) is 3.08. The number of benzene rings is 1. The van der Waals surface area contributed by atoms with Crippen LogP contribution in [0.3, 0.4) is 0 Å². The summed E-state index contributed by atoms with van der Waals surface area (Å²) in [5, 5.41) is 9.07. The van der Waals surface area contributed by atoms with Crippen molar-refractivity contribution in [2.75, 3.05) is 0 Å². The van der Waals surface area contributed by atoms with Crippen molar-refractivity contribution in [3.05, 3.63) is 41.0 Å². The lowest BCUT2D eigenvalue weighted by molar-refractivity contribution is 0.280. The van der Waals surface area contributed by atoms with E-state index in [1.807, 2.05) is 12.1 Å². The molecule has 0 atom stereocenters. The minimum absolute atomic E-state index is 0.164. The van der Waals surface area contributed by atoms with Crippen molar-refractivity contribution in [2.45, 2.75) is 19.4 Å². The topological polar surface area (TPSA) is 20.2 Å². The van der Waals surface area contributed by atoms with Gasteiger partial charge in [0.25, 0.3) is 0 Å². The number of aliphatic hydroxyl groups excluding tert-OH is 1. The summed E-state index contributed by atoms with van der Waals surface area (Å²) in [5.41, 5.74) is 3.67. The van der Waals surface area contributed by atoms with Crippen molar-refractivity contribution in [3.63, 3.8) is 0 Å². The van der Waals surface area contributed by atoms with Crippen molar-refractivity contribution >= 4 is 6.08 Å². The van der Waals surface area contributed by atoms with E-state index in [0.717, 1.165) is 18.4 Å². The van der Waals surface area contributed by atoms with Gasteiger partial charge in [-0.05, 0) is 29.5 Å². The number of aliphatic hydroxyl groups is 1. The molecule has 0 radical (unpaired) electrons. The fraction of sp³-hybridized carbons (Fsp3) is 0.273. The monoisotopic (exact) mass is 160 g/mol. The summed E-state index contributed by atoms with van der Waals surface area (Å²) in [6, 6.07) is 6.10. The molecule has 1 nitrogen and oxygen atoms in total. The first-order chi connectivity index (χ1) is 5.92. The molecular formula is C11H12O. The summed E-state index contributed by atoms with van der Waals surface area (Å²) >= 11 is 0. The number of rotatable bonds is 1. The van der Waals surface area contributed by atoms with Crippen LogP contribution in [0.1, 0.15) is 23.1 Å². The molecule has 1 N–H and O–H groups in total. The van der Waals surface area contributed by atoms with Gasteiger partial charge in [-0.15, -0.1) is 0 Å². The maximum atomic E-state index is 9.07. The Morgan fingerprint density at radius 3 is 3.08 bits per heavy atom. The maximum absolute atomic E-state index is 9.07. The maximum Gasteiger partial charge on any atom is 0.0684 e. The summed E-state index contributed by atoms with van der Waals surface area (Å²) < 4.78 is 0. The minimum Gasteiger partial charge on any atom is -0.392 e. The molecule has 1 aliphatic carbocycles. The average Bonchev–Trinajstić information content (AvgIpc) is 2.17. The molecule has 0 unspecified atom stereocenters. The standard InChI is InChI=1S/C11H12O/c12-8-10-6-3-5-9-4-1-2-7-11(9)10/h1,3-6,12H,2,7-8H2. The summed E-state index contributed by atoms with van der Waals surface area (Å²) in [7, 11) is 0. The molecule has 62 valence electrons. The van der Waals surface area contributed by atoms with E-state index < -0.39 is 0 Å². The number of hydrogen-bond acceptors (Lipinski definition) is 1. The smallest absolute Gasteiger partial charge is 0.0684 e. The van der Waals surface area contributed by atoms with Crippen molar-refractivity contribution in [1.29, 1.82) is 0 Å². The normalized spacial score (nSPS) is 14.4. The van der Waals surface area contributed by atoms with Gasteiger partial charge >= 0.3 is 0 Å². The van der Waals surface area contributed by atoms with Gasteiger partial charge in [-0.1, -0.05) is 30.4 Å². The highest BCUT2D eigenvalue weighted by molar-refractivity contribution is 5.58. The molecular weight excluding hydrogens is 148 g/mol. The van der Waals surface area contributed by atoms with Crippen LogP contribution in [-0.2, 0) is 13.0 Å². The average molecular weight is 160 g/mol. The Labute approximate surface area is 72.4 Å². The predicted octanol–water partition coefficient (Wildman–Crippen LogP) is 2.14. The van der Waals surface area contributed by atoms with Crippen molar-refractivity contribution in [2.24, 2.45) is 0 Å². The van der Waals surface area contributed by atoms with Gasteiger partial charge in [0, 0.05) is 0 Å². The SMILES string of the molecule is OCc1cccc2c1CCC=C2. The Morgan fingerprint density at radius 2 is 2.25 bits per heavy atom. The van der Waals surface area contributed by atoms with E-state index in [2.05, 4.69) is 18.2 Å². The van der Waals surface area contributed by atoms with Crippen molar-refractivity contribution in [1.82, 2.24) is 0 Å². The lowest BCUT2D eigenvalue weighted by Gasteiger charge is -2.13. The van der Waals surface area contributed by atoms with Crippen molar-refractivity contribution < 1.29 is 5.11 Å². The van der Waals surface area contributed by atoms with Crippen LogP contribution in [-0.4, -0.2) is 5.11 Å². The minimum atomic E-state index is 0.164. The van der Waals surface area contributed by atoms with Crippen LogP contribution < -0.4 is 0 Å². The van der Waals surface area contributed by atoms with E-state index in [1.54, 1.807) is 0 Å². The fourth-order valence-electron chi connectivity index (χ4n) is 1.70. The Balaban J connectivity index is 2.53. The van der Waals surface area contributed by atoms with E-state index in [0.29, 0.717) is 0 Å². The number of fused-ring (bicyclic) bond motifs is 1. The van der Waals surface area contributed by atoms with Crippen LogP contribution in [0.25, 0.3) is 6.08 Å². The predicted molar refractivity (Wildman–Crippen MR) is 49.7 cm³/mol. The van der Waals surface area contributed by atoms with Crippen LogP contribution in [0, 0.1) is 0 Å². The third-order valence-electron chi connectivity index (χ3n) is 2.34. The molecule has 12 heavy (non-hydrogen) atoms. The largest absolute Gasteiger partial charge is 0.392 e. The molecule has 0 saturated carbocycles. The lowest BCUT2D eigenvalue weighted by Crippen LogP contribution is -1.99. The van der Waals surface area contributed by atoms with E-state index in [1.165, 1.54) is 11.1 Å². The molecule has 0 amide bonds. The molecule has 1 heteroatoms. The highest BCUT2D eigenvalue weighted by Gasteiger charge is 2.07. The van der Waals surface area contributed by atoms with Gasteiger partial charge < -0.3 is 5.11 Å². The van der Waals surface area contributed by atoms with E-state index in [9.17, 15) is 0 Å². The van der Waals surface area contributed by atoms with Crippen LogP contribution in [0.15, 0.2) is 24.3 Å². The first kappa shape index (κ1) is 7.56.